The Balaban J connectivity index is 1.86. The minimum atomic E-state index is -0.246. The first-order valence-electron chi connectivity index (χ1n) is 7.79. The topological polar surface area (TPSA) is 84.1 Å². The average molecular weight is 302 g/mol. The predicted molar refractivity (Wildman–Crippen MR) is 85.5 cm³/mol. The van der Waals surface area contributed by atoms with Gasteiger partial charge in [0.05, 0.1) is 11.0 Å². The van der Waals surface area contributed by atoms with Gasteiger partial charge in [0, 0.05) is 19.1 Å². The van der Waals surface area contributed by atoms with Crippen molar-refractivity contribution in [2.75, 3.05) is 13.1 Å². The van der Waals surface area contributed by atoms with Gasteiger partial charge in [0.1, 0.15) is 6.54 Å². The monoisotopic (exact) mass is 302 g/mol. The third-order valence-electron chi connectivity index (χ3n) is 4.65. The average Bonchev–Trinajstić information content (AvgIpc) is 2.83. The molecular formula is C16H22N4O2. The first-order valence-corrected chi connectivity index (χ1v) is 7.79. The van der Waals surface area contributed by atoms with Gasteiger partial charge in [-0.2, -0.15) is 0 Å². The van der Waals surface area contributed by atoms with Gasteiger partial charge in [-0.15, -0.1) is 0 Å². The van der Waals surface area contributed by atoms with E-state index in [4.69, 9.17) is 5.73 Å². The summed E-state index contributed by atoms with van der Waals surface area (Å²) in [7, 11) is 0. The summed E-state index contributed by atoms with van der Waals surface area (Å²) in [5.74, 6) is 0.372. The second kappa shape index (κ2) is 5.96. The normalized spacial score (nSPS) is 22.2. The second-order valence-corrected chi connectivity index (χ2v) is 6.04. The highest BCUT2D eigenvalue weighted by molar-refractivity contribution is 5.80. The summed E-state index contributed by atoms with van der Waals surface area (Å²) in [6, 6.07) is 7.48. The molecule has 1 saturated heterocycles. The van der Waals surface area contributed by atoms with Crippen LogP contribution in [-0.4, -0.2) is 39.5 Å². The van der Waals surface area contributed by atoms with E-state index in [1.807, 2.05) is 29.2 Å². The number of fused-ring (bicyclic) bond motifs is 1. The molecule has 1 amide bonds. The van der Waals surface area contributed by atoms with Crippen molar-refractivity contribution in [1.29, 1.82) is 0 Å². The minimum Gasteiger partial charge on any atom is -0.337 e. The second-order valence-electron chi connectivity index (χ2n) is 6.04. The molecule has 2 unspecified atom stereocenters. The van der Waals surface area contributed by atoms with Crippen molar-refractivity contribution >= 4 is 16.9 Å². The number of carbonyl (C=O) groups is 1. The fourth-order valence-corrected chi connectivity index (χ4v) is 3.41. The van der Waals surface area contributed by atoms with Gasteiger partial charge in [-0.05, 0) is 30.9 Å². The van der Waals surface area contributed by atoms with Crippen LogP contribution in [0.1, 0.15) is 19.8 Å². The Bertz CT molecular complexity index is 733. The Morgan fingerprint density at radius 3 is 2.95 bits per heavy atom. The number of para-hydroxylation sites is 2. The number of aromatic amines is 1. The summed E-state index contributed by atoms with van der Waals surface area (Å²) in [4.78, 5) is 29.4. The lowest BCUT2D eigenvalue weighted by Crippen LogP contribution is -2.52. The van der Waals surface area contributed by atoms with E-state index in [1.165, 1.54) is 4.57 Å². The van der Waals surface area contributed by atoms with Gasteiger partial charge in [0.15, 0.2) is 0 Å². The summed E-state index contributed by atoms with van der Waals surface area (Å²) in [6.07, 6.45) is 2.09. The maximum Gasteiger partial charge on any atom is 0.326 e. The van der Waals surface area contributed by atoms with Crippen LogP contribution < -0.4 is 11.4 Å². The molecule has 1 fully saturated rings. The third-order valence-corrected chi connectivity index (χ3v) is 4.65. The number of aromatic nitrogens is 2. The molecule has 1 aliphatic rings. The first kappa shape index (κ1) is 14.8. The van der Waals surface area contributed by atoms with Gasteiger partial charge in [-0.3, -0.25) is 9.36 Å². The van der Waals surface area contributed by atoms with Crippen molar-refractivity contribution < 1.29 is 4.79 Å². The molecule has 0 spiro atoms. The SMILES string of the molecule is CC1CCCN(C(=O)Cn2c(=O)[nH]c3ccccc32)C1CN. The lowest BCUT2D eigenvalue weighted by molar-refractivity contribution is -0.136. The number of amides is 1. The number of carbonyl (C=O) groups excluding carboxylic acids is 1. The number of nitrogens with one attached hydrogen (secondary N) is 1. The summed E-state index contributed by atoms with van der Waals surface area (Å²) >= 11 is 0. The third kappa shape index (κ3) is 2.54. The highest BCUT2D eigenvalue weighted by Gasteiger charge is 2.31. The Kier molecular flexibility index (Phi) is 4.02. The Labute approximate surface area is 128 Å². The van der Waals surface area contributed by atoms with Crippen molar-refractivity contribution in [3.05, 3.63) is 34.7 Å². The van der Waals surface area contributed by atoms with E-state index in [2.05, 4.69) is 11.9 Å². The molecule has 2 atom stereocenters. The number of nitrogens with zero attached hydrogens (tertiary/aromatic N) is 2. The van der Waals surface area contributed by atoms with Crippen LogP contribution in [0.25, 0.3) is 11.0 Å². The molecule has 6 nitrogen and oxygen atoms in total. The molecule has 2 heterocycles. The number of hydrogen-bond acceptors (Lipinski definition) is 3. The van der Waals surface area contributed by atoms with Gasteiger partial charge in [0.2, 0.25) is 5.91 Å². The number of piperidine rings is 1. The smallest absolute Gasteiger partial charge is 0.326 e. The van der Waals surface area contributed by atoms with Crippen LogP contribution in [0.5, 0.6) is 0 Å². The van der Waals surface area contributed by atoms with Crippen molar-refractivity contribution in [2.45, 2.75) is 32.4 Å². The lowest BCUT2D eigenvalue weighted by atomic mass is 9.91. The molecule has 2 aromatic rings. The lowest BCUT2D eigenvalue weighted by Gasteiger charge is -2.39. The number of H-pyrrole nitrogens is 1. The standard InChI is InChI=1S/C16H22N4O2/c1-11-5-4-8-19(14(11)9-17)15(21)10-20-13-7-3-2-6-12(13)18-16(20)22/h2-3,6-7,11,14H,4-5,8-10,17H2,1H3,(H,18,22). The fourth-order valence-electron chi connectivity index (χ4n) is 3.41. The first-order chi connectivity index (χ1) is 10.6. The summed E-state index contributed by atoms with van der Waals surface area (Å²) in [6.45, 7) is 3.39. The minimum absolute atomic E-state index is 0.0335. The number of likely N-dealkylation sites (tertiary alicyclic amines) is 1. The molecule has 0 aliphatic carbocycles. The maximum atomic E-state index is 12.7. The summed E-state index contributed by atoms with van der Waals surface area (Å²) < 4.78 is 1.50. The molecule has 6 heteroatoms. The number of hydrogen-bond donors (Lipinski definition) is 2. The molecule has 1 aromatic heterocycles. The van der Waals surface area contributed by atoms with Crippen molar-refractivity contribution in [3.63, 3.8) is 0 Å². The number of rotatable bonds is 3. The van der Waals surface area contributed by atoms with Gasteiger partial charge < -0.3 is 15.6 Å². The van der Waals surface area contributed by atoms with Crippen LogP contribution >= 0.6 is 0 Å². The number of nitrogens with two attached hydrogens (primary N) is 1. The van der Waals surface area contributed by atoms with Gasteiger partial charge in [-0.1, -0.05) is 19.1 Å². The summed E-state index contributed by atoms with van der Waals surface area (Å²) in [5.41, 5.74) is 7.11. The van der Waals surface area contributed by atoms with Crippen LogP contribution in [0.4, 0.5) is 0 Å². The molecule has 0 bridgehead atoms. The van der Waals surface area contributed by atoms with Gasteiger partial charge >= 0.3 is 5.69 Å². The van der Waals surface area contributed by atoms with Crippen LogP contribution in [0.3, 0.4) is 0 Å². The maximum absolute atomic E-state index is 12.7. The quantitative estimate of drug-likeness (QED) is 0.884. The molecule has 3 rings (SSSR count). The van der Waals surface area contributed by atoms with Gasteiger partial charge in [-0.25, -0.2) is 4.79 Å². The van der Waals surface area contributed by atoms with Crippen molar-refractivity contribution in [1.82, 2.24) is 14.5 Å². The highest BCUT2D eigenvalue weighted by Crippen LogP contribution is 2.23. The van der Waals surface area contributed by atoms with E-state index in [9.17, 15) is 9.59 Å². The zero-order valence-electron chi connectivity index (χ0n) is 12.8. The Hall–Kier alpha value is -2.08. The largest absolute Gasteiger partial charge is 0.337 e. The van der Waals surface area contributed by atoms with Crippen molar-refractivity contribution in [3.8, 4) is 0 Å². The highest BCUT2D eigenvalue weighted by atomic mass is 16.2. The molecule has 118 valence electrons. The molecule has 1 aliphatic heterocycles. The molecule has 22 heavy (non-hydrogen) atoms. The molecule has 3 N–H and O–H groups in total. The Morgan fingerprint density at radius 2 is 2.18 bits per heavy atom. The fraction of sp³-hybridized carbons (Fsp3) is 0.500. The van der Waals surface area contributed by atoms with E-state index >= 15 is 0 Å². The van der Waals surface area contributed by atoms with Gasteiger partial charge in [0.25, 0.3) is 0 Å². The van der Waals surface area contributed by atoms with Crippen LogP contribution in [0.15, 0.2) is 29.1 Å². The van der Waals surface area contributed by atoms with Crippen LogP contribution in [0, 0.1) is 5.92 Å². The van der Waals surface area contributed by atoms with E-state index < -0.39 is 0 Å². The van der Waals surface area contributed by atoms with Crippen LogP contribution in [0.2, 0.25) is 0 Å². The van der Waals surface area contributed by atoms with E-state index in [0.29, 0.717) is 12.5 Å². The molecular weight excluding hydrogens is 280 g/mol. The van der Waals surface area contributed by atoms with E-state index in [1.54, 1.807) is 0 Å². The zero-order valence-corrected chi connectivity index (χ0v) is 12.8. The zero-order chi connectivity index (χ0) is 15.7. The predicted octanol–water partition coefficient (Wildman–Crippen LogP) is 0.915. The van der Waals surface area contributed by atoms with Crippen molar-refractivity contribution in [2.24, 2.45) is 11.7 Å². The van der Waals surface area contributed by atoms with Crippen LogP contribution in [-0.2, 0) is 11.3 Å². The number of benzene rings is 1. The van der Waals surface area contributed by atoms with E-state index in [-0.39, 0.29) is 24.2 Å². The number of imidazole rings is 1. The van der Waals surface area contributed by atoms with E-state index in [0.717, 1.165) is 30.4 Å². The summed E-state index contributed by atoms with van der Waals surface area (Å²) in [5, 5.41) is 0. The molecule has 0 saturated carbocycles. The molecule has 0 radical (unpaired) electrons. The Morgan fingerprint density at radius 1 is 1.41 bits per heavy atom. The molecule has 1 aromatic carbocycles.